The molecule has 1 aliphatic heterocycles. The molecule has 21 heavy (non-hydrogen) atoms. The van der Waals surface area contributed by atoms with Gasteiger partial charge in [0.15, 0.2) is 5.82 Å². The molecule has 0 amide bonds. The van der Waals surface area contributed by atoms with E-state index in [9.17, 15) is 0 Å². The van der Waals surface area contributed by atoms with E-state index in [1.54, 1.807) is 0 Å². The summed E-state index contributed by atoms with van der Waals surface area (Å²) in [5.41, 5.74) is 6.38. The van der Waals surface area contributed by atoms with Gasteiger partial charge in [-0.3, -0.25) is 0 Å². The molecule has 9 heteroatoms. The number of halogens is 3. The molecule has 1 aromatic heterocycles. The van der Waals surface area contributed by atoms with Gasteiger partial charge in [0, 0.05) is 4.47 Å². The summed E-state index contributed by atoms with van der Waals surface area (Å²) in [5.74, 6) is 1.81. The second kappa shape index (κ2) is 6.83. The molecule has 1 aromatic carbocycles. The molecule has 0 saturated heterocycles. The summed E-state index contributed by atoms with van der Waals surface area (Å²) in [7, 11) is 0. The summed E-state index contributed by atoms with van der Waals surface area (Å²) >= 11 is 9.53. The van der Waals surface area contributed by atoms with Gasteiger partial charge in [0.2, 0.25) is 5.89 Å². The molecule has 0 saturated carbocycles. The topological polar surface area (TPSA) is 77.4 Å². The lowest BCUT2D eigenvalue weighted by atomic mass is 10.2. The Morgan fingerprint density at radius 1 is 1.43 bits per heavy atom. The highest BCUT2D eigenvalue weighted by Gasteiger charge is 2.21. The minimum absolute atomic E-state index is 0. The Balaban J connectivity index is 0.00000161. The second-order valence-corrected chi connectivity index (χ2v) is 5.57. The highest BCUT2D eigenvalue weighted by atomic mass is 79.9. The minimum atomic E-state index is 0. The Kier molecular flexibility index (Phi) is 5.32. The van der Waals surface area contributed by atoms with Gasteiger partial charge in [-0.1, -0.05) is 16.8 Å². The number of hydrogen-bond acceptors (Lipinski definition) is 6. The maximum absolute atomic E-state index is 6.15. The Hall–Kier alpha value is -1.02. The van der Waals surface area contributed by atoms with Crippen molar-refractivity contribution < 1.29 is 9.26 Å². The lowest BCUT2D eigenvalue weighted by Crippen LogP contribution is -2.32. The lowest BCUT2D eigenvalue weighted by molar-refractivity contribution is 0.305. The third kappa shape index (κ3) is 3.42. The highest BCUT2D eigenvalue weighted by molar-refractivity contribution is 9.10. The Bertz CT molecular complexity index is 638. The molecule has 2 aromatic rings. The van der Waals surface area contributed by atoms with Gasteiger partial charge in [-0.15, -0.1) is 12.4 Å². The smallest absolute Gasteiger partial charge is 0.240 e. The minimum Gasteiger partial charge on any atom is -0.490 e. The molecule has 0 radical (unpaired) electrons. The van der Waals surface area contributed by atoms with Crippen molar-refractivity contribution in [2.75, 3.05) is 18.1 Å². The van der Waals surface area contributed by atoms with E-state index in [0.29, 0.717) is 29.9 Å². The number of hydrogen-bond donors (Lipinski definition) is 1. The standard InChI is InChI=1S/C12H12BrClN4O2.ClH/c13-7-3-10-9(4-8(7)14)18(1-2-19-10)6-11-16-12(5-15)20-17-11;/h3-4H,1-2,5-6,15H2;1H. The zero-order valence-electron chi connectivity index (χ0n) is 10.9. The Labute approximate surface area is 141 Å². The van der Waals surface area contributed by atoms with Crippen LogP contribution in [0.5, 0.6) is 5.75 Å². The summed E-state index contributed by atoms with van der Waals surface area (Å²) in [6.07, 6.45) is 0. The summed E-state index contributed by atoms with van der Waals surface area (Å²) in [6.45, 7) is 2.10. The van der Waals surface area contributed by atoms with E-state index in [0.717, 1.165) is 22.5 Å². The molecular weight excluding hydrogens is 383 g/mol. The van der Waals surface area contributed by atoms with Gasteiger partial charge in [0.25, 0.3) is 0 Å². The van der Waals surface area contributed by atoms with Crippen molar-refractivity contribution >= 4 is 45.6 Å². The normalized spacial score (nSPS) is 13.4. The highest BCUT2D eigenvalue weighted by Crippen LogP contribution is 2.38. The van der Waals surface area contributed by atoms with Gasteiger partial charge in [-0.05, 0) is 28.1 Å². The number of nitrogens with two attached hydrogens (primary N) is 1. The predicted octanol–water partition coefficient (Wildman–Crippen LogP) is 2.77. The SMILES string of the molecule is Cl.NCc1nc(CN2CCOc3cc(Br)c(Cl)cc32)no1. The summed E-state index contributed by atoms with van der Waals surface area (Å²) in [4.78, 5) is 6.31. The third-order valence-electron chi connectivity index (χ3n) is 2.98. The molecule has 0 fully saturated rings. The van der Waals surface area contributed by atoms with Crippen molar-refractivity contribution in [3.8, 4) is 5.75 Å². The molecule has 114 valence electrons. The van der Waals surface area contributed by atoms with Crippen LogP contribution in [0, 0.1) is 0 Å². The van der Waals surface area contributed by atoms with E-state index in [-0.39, 0.29) is 19.0 Å². The van der Waals surface area contributed by atoms with Crippen LogP contribution in [0.4, 0.5) is 5.69 Å². The zero-order valence-corrected chi connectivity index (χ0v) is 14.0. The van der Waals surface area contributed by atoms with Crippen LogP contribution >= 0.6 is 39.9 Å². The molecule has 0 spiro atoms. The fourth-order valence-electron chi connectivity index (χ4n) is 2.04. The molecule has 2 N–H and O–H groups in total. The largest absolute Gasteiger partial charge is 0.490 e. The molecule has 6 nitrogen and oxygen atoms in total. The first-order valence-corrected chi connectivity index (χ1v) is 7.23. The number of nitrogens with zero attached hydrogens (tertiary/aromatic N) is 3. The van der Waals surface area contributed by atoms with Crippen molar-refractivity contribution in [3.05, 3.63) is 33.3 Å². The fraction of sp³-hybridized carbons (Fsp3) is 0.333. The molecule has 0 unspecified atom stereocenters. The van der Waals surface area contributed by atoms with E-state index in [4.69, 9.17) is 26.6 Å². The van der Waals surface area contributed by atoms with Crippen molar-refractivity contribution in [1.29, 1.82) is 0 Å². The average molecular weight is 396 g/mol. The first-order chi connectivity index (χ1) is 9.67. The monoisotopic (exact) mass is 394 g/mol. The van der Waals surface area contributed by atoms with E-state index in [1.165, 1.54) is 0 Å². The summed E-state index contributed by atoms with van der Waals surface area (Å²) in [6, 6.07) is 3.73. The van der Waals surface area contributed by atoms with Crippen molar-refractivity contribution in [2.45, 2.75) is 13.1 Å². The van der Waals surface area contributed by atoms with Gasteiger partial charge >= 0.3 is 0 Å². The number of rotatable bonds is 3. The molecule has 3 rings (SSSR count). The van der Waals surface area contributed by atoms with Crippen molar-refractivity contribution in [3.63, 3.8) is 0 Å². The van der Waals surface area contributed by atoms with E-state index in [2.05, 4.69) is 31.0 Å². The first kappa shape index (κ1) is 16.4. The Morgan fingerprint density at radius 3 is 2.95 bits per heavy atom. The molecule has 0 atom stereocenters. The molecule has 2 heterocycles. The van der Waals surface area contributed by atoms with Crippen LogP contribution in [0.2, 0.25) is 5.02 Å². The number of fused-ring (bicyclic) bond motifs is 1. The quantitative estimate of drug-likeness (QED) is 0.860. The summed E-state index contributed by atoms with van der Waals surface area (Å²) < 4.78 is 11.5. The molecule has 0 bridgehead atoms. The van der Waals surface area contributed by atoms with Crippen LogP contribution in [0.25, 0.3) is 0 Å². The van der Waals surface area contributed by atoms with Gasteiger partial charge in [0.05, 0.1) is 30.3 Å². The van der Waals surface area contributed by atoms with Crippen LogP contribution < -0.4 is 15.4 Å². The van der Waals surface area contributed by atoms with Gasteiger partial charge in [-0.25, -0.2) is 0 Å². The second-order valence-electron chi connectivity index (χ2n) is 4.31. The van der Waals surface area contributed by atoms with Crippen LogP contribution in [0.1, 0.15) is 11.7 Å². The zero-order chi connectivity index (χ0) is 14.1. The number of aromatic nitrogens is 2. The molecular formula is C12H13BrCl2N4O2. The van der Waals surface area contributed by atoms with Gasteiger partial charge in [-0.2, -0.15) is 4.98 Å². The lowest BCUT2D eigenvalue weighted by Gasteiger charge is -2.30. The van der Waals surface area contributed by atoms with Crippen LogP contribution in [-0.4, -0.2) is 23.3 Å². The van der Waals surface area contributed by atoms with Crippen molar-refractivity contribution in [2.24, 2.45) is 5.73 Å². The number of anilines is 1. The maximum Gasteiger partial charge on any atom is 0.240 e. The number of benzene rings is 1. The van der Waals surface area contributed by atoms with Gasteiger partial charge in [0.1, 0.15) is 12.4 Å². The predicted molar refractivity (Wildman–Crippen MR) is 85.1 cm³/mol. The number of ether oxygens (including phenoxy) is 1. The fourth-order valence-corrected chi connectivity index (χ4v) is 2.52. The molecule has 1 aliphatic rings. The average Bonchev–Trinajstić information content (AvgIpc) is 2.89. The maximum atomic E-state index is 6.15. The van der Waals surface area contributed by atoms with E-state index >= 15 is 0 Å². The van der Waals surface area contributed by atoms with E-state index in [1.807, 2.05) is 12.1 Å². The molecule has 0 aliphatic carbocycles. The Morgan fingerprint density at radius 2 is 2.24 bits per heavy atom. The van der Waals surface area contributed by atoms with Crippen LogP contribution in [0.15, 0.2) is 21.1 Å². The first-order valence-electron chi connectivity index (χ1n) is 6.05. The van der Waals surface area contributed by atoms with E-state index < -0.39 is 0 Å². The van der Waals surface area contributed by atoms with Gasteiger partial charge < -0.3 is 19.9 Å². The third-order valence-corrected chi connectivity index (χ3v) is 4.18. The van der Waals surface area contributed by atoms with Crippen LogP contribution in [-0.2, 0) is 13.1 Å². The summed E-state index contributed by atoms with van der Waals surface area (Å²) in [5, 5.41) is 4.54. The van der Waals surface area contributed by atoms with Crippen molar-refractivity contribution in [1.82, 2.24) is 10.1 Å². The van der Waals surface area contributed by atoms with Crippen LogP contribution in [0.3, 0.4) is 0 Å².